The molecule has 0 aromatic heterocycles. The summed E-state index contributed by atoms with van der Waals surface area (Å²) in [5, 5.41) is 3.24. The van der Waals surface area contributed by atoms with E-state index in [4.69, 9.17) is 4.74 Å². The number of hydrazine groups is 1. The number of likely N-dealkylation sites (tertiary alicyclic amines) is 1. The van der Waals surface area contributed by atoms with Gasteiger partial charge in [0, 0.05) is 13.6 Å². The maximum Gasteiger partial charge on any atom is 0.425 e. The topological polar surface area (TPSA) is 70.2 Å². The van der Waals surface area contributed by atoms with Gasteiger partial charge in [-0.05, 0) is 49.1 Å². The SMILES string of the molecule is CN1C(=O)[C@H]2[C@@H]3c4ccccc4/C(=C/c4ccccc4)CN3N(C(=O)OC(C)(C)C)[C@H]2C1=O. The summed E-state index contributed by atoms with van der Waals surface area (Å²) in [5.74, 6) is -1.32. The molecule has 3 amide bonds. The number of ether oxygens (including phenoxy) is 1. The Hall–Kier alpha value is -3.45. The number of carbonyl (C=O) groups excluding carboxylic acids is 3. The molecule has 3 aliphatic rings. The van der Waals surface area contributed by atoms with Gasteiger partial charge in [-0.25, -0.2) is 14.8 Å². The maximum atomic E-state index is 13.4. The fraction of sp³-hybridized carbons (Fsp3) is 0.346. The number of carbonyl (C=O) groups is 3. The van der Waals surface area contributed by atoms with Gasteiger partial charge in [-0.2, -0.15) is 0 Å². The van der Waals surface area contributed by atoms with Crippen LogP contribution in [0, 0.1) is 5.92 Å². The highest BCUT2D eigenvalue weighted by molar-refractivity contribution is 6.09. The Morgan fingerprint density at radius 1 is 0.970 bits per heavy atom. The van der Waals surface area contributed by atoms with Crippen LogP contribution in [0.3, 0.4) is 0 Å². The largest absolute Gasteiger partial charge is 0.443 e. The van der Waals surface area contributed by atoms with Crippen molar-refractivity contribution in [2.75, 3.05) is 13.6 Å². The van der Waals surface area contributed by atoms with Crippen molar-refractivity contribution in [1.82, 2.24) is 14.9 Å². The number of fused-ring (bicyclic) bond motifs is 5. The smallest absolute Gasteiger partial charge is 0.425 e. The molecule has 33 heavy (non-hydrogen) atoms. The van der Waals surface area contributed by atoms with Crippen LogP contribution in [0.25, 0.3) is 11.6 Å². The van der Waals surface area contributed by atoms with Crippen LogP contribution >= 0.6 is 0 Å². The molecule has 2 aromatic carbocycles. The number of imide groups is 1. The molecule has 2 fully saturated rings. The standard InChI is InChI=1S/C26H27N3O4/c1-26(2,3)33-25(32)29-22-20(23(30)27(4)24(22)31)21-19-13-9-8-12-18(19)17(15-28(21)29)14-16-10-6-5-7-11-16/h5-14,20-22H,15H2,1-4H3/b17-14+/t20-,21-,22+/m0/s1. The molecule has 0 unspecified atom stereocenters. The van der Waals surface area contributed by atoms with Crippen molar-refractivity contribution in [3.05, 3.63) is 71.3 Å². The third-order valence-electron chi connectivity index (χ3n) is 6.42. The zero-order valence-electron chi connectivity index (χ0n) is 19.2. The molecule has 0 N–H and O–H groups in total. The molecule has 2 aromatic rings. The van der Waals surface area contributed by atoms with Gasteiger partial charge < -0.3 is 4.74 Å². The minimum atomic E-state index is -0.911. The molecule has 170 valence electrons. The first-order valence-electron chi connectivity index (χ1n) is 11.1. The highest BCUT2D eigenvalue weighted by Gasteiger charge is 2.64. The van der Waals surface area contributed by atoms with Crippen LogP contribution < -0.4 is 0 Å². The van der Waals surface area contributed by atoms with Crippen molar-refractivity contribution < 1.29 is 19.1 Å². The average molecular weight is 446 g/mol. The summed E-state index contributed by atoms with van der Waals surface area (Å²) >= 11 is 0. The van der Waals surface area contributed by atoms with E-state index in [1.165, 1.54) is 12.1 Å². The van der Waals surface area contributed by atoms with Gasteiger partial charge in [0.25, 0.3) is 5.91 Å². The van der Waals surface area contributed by atoms with Gasteiger partial charge in [0.05, 0.1) is 12.0 Å². The molecule has 3 heterocycles. The number of likely N-dealkylation sites (N-methyl/N-ethyl adjacent to an activating group) is 1. The average Bonchev–Trinajstić information content (AvgIpc) is 3.22. The lowest BCUT2D eigenvalue weighted by atomic mass is 9.83. The van der Waals surface area contributed by atoms with Crippen molar-refractivity contribution >= 4 is 29.6 Å². The van der Waals surface area contributed by atoms with Gasteiger partial charge in [0.15, 0.2) is 0 Å². The minimum Gasteiger partial charge on any atom is -0.443 e. The van der Waals surface area contributed by atoms with Gasteiger partial charge >= 0.3 is 6.09 Å². The predicted octanol–water partition coefficient (Wildman–Crippen LogP) is 3.73. The fourth-order valence-corrected chi connectivity index (χ4v) is 5.10. The Morgan fingerprint density at radius 2 is 1.64 bits per heavy atom. The summed E-state index contributed by atoms with van der Waals surface area (Å²) in [7, 11) is 1.48. The molecule has 3 aliphatic heterocycles. The van der Waals surface area contributed by atoms with Gasteiger partial charge in [-0.15, -0.1) is 0 Å². The molecule has 0 bridgehead atoms. The number of hydrogen-bond acceptors (Lipinski definition) is 5. The first kappa shape index (κ1) is 21.4. The van der Waals surface area contributed by atoms with Crippen molar-refractivity contribution in [2.24, 2.45) is 5.92 Å². The summed E-state index contributed by atoms with van der Waals surface area (Å²) in [5.41, 5.74) is 3.27. The lowest BCUT2D eigenvalue weighted by Crippen LogP contribution is -2.52. The second-order valence-corrected chi connectivity index (χ2v) is 9.74. The van der Waals surface area contributed by atoms with Crippen molar-refractivity contribution in [2.45, 2.75) is 38.5 Å². The van der Waals surface area contributed by atoms with Crippen LogP contribution in [-0.4, -0.2) is 58.1 Å². The van der Waals surface area contributed by atoms with Crippen LogP contribution in [0.2, 0.25) is 0 Å². The molecule has 5 rings (SSSR count). The lowest BCUT2D eigenvalue weighted by Gasteiger charge is -2.40. The van der Waals surface area contributed by atoms with Gasteiger partial charge in [0.1, 0.15) is 11.6 Å². The summed E-state index contributed by atoms with van der Waals surface area (Å²) < 4.78 is 5.68. The van der Waals surface area contributed by atoms with Crippen LogP contribution in [-0.2, 0) is 14.3 Å². The molecule has 3 atom stereocenters. The molecule has 0 spiro atoms. The third-order valence-corrected chi connectivity index (χ3v) is 6.42. The Labute approximate surface area is 193 Å². The van der Waals surface area contributed by atoms with Crippen molar-refractivity contribution in [3.63, 3.8) is 0 Å². The van der Waals surface area contributed by atoms with E-state index in [-0.39, 0.29) is 11.8 Å². The zero-order valence-corrected chi connectivity index (χ0v) is 19.2. The second kappa shape index (κ2) is 7.56. The van der Waals surface area contributed by atoms with E-state index < -0.39 is 29.7 Å². The Kier molecular flexibility index (Phi) is 4.90. The summed E-state index contributed by atoms with van der Waals surface area (Å²) in [6.45, 7) is 5.74. The quantitative estimate of drug-likeness (QED) is 0.626. The third kappa shape index (κ3) is 3.43. The Bertz CT molecular complexity index is 1170. The van der Waals surface area contributed by atoms with Gasteiger partial charge in [-0.1, -0.05) is 54.6 Å². The summed E-state index contributed by atoms with van der Waals surface area (Å²) in [6, 6.07) is 16.6. The zero-order chi connectivity index (χ0) is 23.5. The number of hydrogen-bond donors (Lipinski definition) is 0. The molecule has 2 saturated heterocycles. The van der Waals surface area contributed by atoms with E-state index >= 15 is 0 Å². The van der Waals surface area contributed by atoms with E-state index in [0.29, 0.717) is 6.54 Å². The molecule has 7 nitrogen and oxygen atoms in total. The number of rotatable bonds is 1. The summed E-state index contributed by atoms with van der Waals surface area (Å²) in [4.78, 5) is 40.8. The highest BCUT2D eigenvalue weighted by Crippen LogP contribution is 2.51. The van der Waals surface area contributed by atoms with Crippen molar-refractivity contribution in [1.29, 1.82) is 0 Å². The normalized spacial score (nSPS) is 25.8. The molecule has 0 aliphatic carbocycles. The minimum absolute atomic E-state index is 0.267. The highest BCUT2D eigenvalue weighted by atomic mass is 16.6. The second-order valence-electron chi connectivity index (χ2n) is 9.74. The molecular formula is C26H27N3O4. The van der Waals surface area contributed by atoms with E-state index in [9.17, 15) is 14.4 Å². The summed E-state index contributed by atoms with van der Waals surface area (Å²) in [6.07, 6.45) is 1.47. The Morgan fingerprint density at radius 3 is 2.33 bits per heavy atom. The molecule has 0 saturated carbocycles. The van der Waals surface area contributed by atoms with Gasteiger partial charge in [0.2, 0.25) is 5.91 Å². The molecule has 0 radical (unpaired) electrons. The van der Waals surface area contributed by atoms with E-state index in [1.54, 1.807) is 20.8 Å². The van der Waals surface area contributed by atoms with Crippen LogP contribution in [0.5, 0.6) is 0 Å². The van der Waals surface area contributed by atoms with Crippen LogP contribution in [0.15, 0.2) is 54.6 Å². The number of benzene rings is 2. The fourth-order valence-electron chi connectivity index (χ4n) is 5.10. The van der Waals surface area contributed by atoms with Gasteiger partial charge in [-0.3, -0.25) is 14.5 Å². The molecular weight excluding hydrogens is 418 g/mol. The van der Waals surface area contributed by atoms with E-state index in [0.717, 1.165) is 27.2 Å². The number of nitrogens with zero attached hydrogens (tertiary/aromatic N) is 3. The number of amides is 3. The molecule has 7 heteroatoms. The lowest BCUT2D eigenvalue weighted by molar-refractivity contribution is -0.143. The van der Waals surface area contributed by atoms with Crippen LogP contribution in [0.1, 0.15) is 43.5 Å². The maximum absolute atomic E-state index is 13.4. The van der Waals surface area contributed by atoms with E-state index in [1.807, 2.05) is 59.6 Å². The first-order valence-corrected chi connectivity index (χ1v) is 11.1. The monoisotopic (exact) mass is 445 g/mol. The van der Waals surface area contributed by atoms with E-state index in [2.05, 4.69) is 6.08 Å². The first-order chi connectivity index (χ1) is 15.7. The Balaban J connectivity index is 1.66. The van der Waals surface area contributed by atoms with Crippen molar-refractivity contribution in [3.8, 4) is 0 Å². The predicted molar refractivity (Wildman–Crippen MR) is 123 cm³/mol. The van der Waals surface area contributed by atoms with Crippen LogP contribution in [0.4, 0.5) is 4.79 Å².